The van der Waals surface area contributed by atoms with E-state index in [0.29, 0.717) is 6.42 Å². The highest BCUT2D eigenvalue weighted by atomic mass is 19.1. The molecule has 116 valence electrons. The first kappa shape index (κ1) is 17.0. The van der Waals surface area contributed by atoms with Crippen molar-refractivity contribution in [1.82, 2.24) is 0 Å². The molecule has 0 heterocycles. The minimum absolute atomic E-state index is 0.0174. The maximum atomic E-state index is 13.5. The van der Waals surface area contributed by atoms with Crippen molar-refractivity contribution in [1.29, 1.82) is 0 Å². The molecule has 0 bridgehead atoms. The topological polar surface area (TPSA) is 98.3 Å². The average Bonchev–Trinajstić information content (AvgIpc) is 2.28. The van der Waals surface area contributed by atoms with Crippen LogP contribution in [0.3, 0.4) is 0 Å². The van der Waals surface area contributed by atoms with Crippen molar-refractivity contribution < 1.29 is 14.1 Å². The Hall–Kier alpha value is -2.02. The Kier molecular flexibility index (Phi) is 5.37. The average molecular weight is 297 g/mol. The highest BCUT2D eigenvalue weighted by molar-refractivity contribution is 5.91. The number of halogens is 1. The van der Waals surface area contributed by atoms with Crippen molar-refractivity contribution in [2.24, 2.45) is 11.1 Å². The lowest BCUT2D eigenvalue weighted by Gasteiger charge is -2.22. The number of carbonyl (C=O) groups excluding carboxylic acids is 1. The minimum Gasteiger partial charge on any atom is -0.327 e. The molecule has 7 heteroatoms. The third-order valence-corrected chi connectivity index (χ3v) is 2.76. The van der Waals surface area contributed by atoms with Crippen LogP contribution < -0.4 is 11.1 Å². The molecule has 3 N–H and O–H groups in total. The van der Waals surface area contributed by atoms with Crippen LogP contribution in [0, 0.1) is 21.3 Å². The molecular formula is C14H20FN3O3. The summed E-state index contributed by atoms with van der Waals surface area (Å²) in [5, 5.41) is 13.0. The van der Waals surface area contributed by atoms with E-state index in [1.165, 1.54) is 0 Å². The smallest absolute Gasteiger partial charge is 0.271 e. The molecule has 0 aliphatic rings. The normalized spacial score (nSPS) is 12.8. The maximum Gasteiger partial charge on any atom is 0.271 e. The summed E-state index contributed by atoms with van der Waals surface area (Å²) >= 11 is 0. The van der Waals surface area contributed by atoms with Crippen molar-refractivity contribution in [3.8, 4) is 0 Å². The van der Waals surface area contributed by atoms with E-state index in [0.717, 1.165) is 18.2 Å². The van der Waals surface area contributed by atoms with Gasteiger partial charge in [0.1, 0.15) is 5.82 Å². The lowest BCUT2D eigenvalue weighted by Crippen LogP contribution is -2.31. The fourth-order valence-electron chi connectivity index (χ4n) is 2.02. The largest absolute Gasteiger partial charge is 0.327 e. The Morgan fingerprint density at radius 3 is 2.62 bits per heavy atom. The van der Waals surface area contributed by atoms with E-state index >= 15 is 0 Å². The number of anilines is 1. The second kappa shape index (κ2) is 6.62. The van der Waals surface area contributed by atoms with Crippen molar-refractivity contribution in [3.05, 3.63) is 34.1 Å². The van der Waals surface area contributed by atoms with Crippen molar-refractivity contribution >= 4 is 17.3 Å². The van der Waals surface area contributed by atoms with E-state index in [1.807, 2.05) is 20.8 Å². The Bertz CT molecular complexity index is 541. The molecule has 21 heavy (non-hydrogen) atoms. The van der Waals surface area contributed by atoms with E-state index in [9.17, 15) is 19.3 Å². The van der Waals surface area contributed by atoms with Gasteiger partial charge in [-0.1, -0.05) is 20.8 Å². The molecule has 1 aromatic carbocycles. The number of nitro groups is 1. The monoisotopic (exact) mass is 297 g/mol. The van der Waals surface area contributed by atoms with Crippen LogP contribution in [0.5, 0.6) is 0 Å². The van der Waals surface area contributed by atoms with Crippen molar-refractivity contribution in [2.45, 2.75) is 39.7 Å². The molecule has 0 aromatic heterocycles. The van der Waals surface area contributed by atoms with Crippen LogP contribution in [0.1, 0.15) is 33.6 Å². The predicted molar refractivity (Wildman–Crippen MR) is 78.3 cm³/mol. The van der Waals surface area contributed by atoms with Gasteiger partial charge in [0.2, 0.25) is 5.91 Å². The number of nitro benzene ring substituents is 1. The number of benzene rings is 1. The van der Waals surface area contributed by atoms with Gasteiger partial charge in [0.05, 0.1) is 10.6 Å². The molecule has 0 fully saturated rings. The Morgan fingerprint density at radius 1 is 1.48 bits per heavy atom. The number of nitrogens with zero attached hydrogens (tertiary/aromatic N) is 1. The van der Waals surface area contributed by atoms with E-state index in [-0.39, 0.29) is 29.3 Å². The molecule has 1 aromatic rings. The standard InChI is InChI=1S/C14H20FN3O3/c1-14(2,3)8-9(16)6-13(19)17-12-7-10(18(20)21)4-5-11(12)15/h4-5,7,9H,6,8,16H2,1-3H3,(H,17,19). The first-order chi connectivity index (χ1) is 9.58. The first-order valence-corrected chi connectivity index (χ1v) is 6.58. The Labute approximate surface area is 122 Å². The van der Waals surface area contributed by atoms with Gasteiger partial charge in [-0.3, -0.25) is 14.9 Å². The van der Waals surface area contributed by atoms with Crippen molar-refractivity contribution in [2.75, 3.05) is 5.32 Å². The van der Waals surface area contributed by atoms with Crippen LogP contribution in [-0.2, 0) is 4.79 Å². The van der Waals surface area contributed by atoms with Crippen LogP contribution in [0.2, 0.25) is 0 Å². The summed E-state index contributed by atoms with van der Waals surface area (Å²) in [6, 6.07) is 2.62. The van der Waals surface area contributed by atoms with Crippen LogP contribution in [0.15, 0.2) is 18.2 Å². The molecule has 1 rings (SSSR count). The Balaban J connectivity index is 2.71. The second-order valence-electron chi connectivity index (χ2n) is 6.20. The zero-order valence-corrected chi connectivity index (χ0v) is 12.4. The predicted octanol–water partition coefficient (Wildman–Crippen LogP) is 2.83. The number of hydrogen-bond acceptors (Lipinski definition) is 4. The minimum atomic E-state index is -0.724. The van der Waals surface area contributed by atoms with Gasteiger partial charge in [-0.2, -0.15) is 0 Å². The highest BCUT2D eigenvalue weighted by Crippen LogP contribution is 2.23. The summed E-state index contributed by atoms with van der Waals surface area (Å²) in [5.74, 6) is -1.19. The molecule has 0 spiro atoms. The van der Waals surface area contributed by atoms with Crippen LogP contribution in [-0.4, -0.2) is 16.9 Å². The van der Waals surface area contributed by atoms with Gasteiger partial charge in [-0.25, -0.2) is 4.39 Å². The van der Waals surface area contributed by atoms with Gasteiger partial charge < -0.3 is 11.1 Å². The number of nitrogens with two attached hydrogens (primary N) is 1. The van der Waals surface area contributed by atoms with Gasteiger partial charge in [-0.15, -0.1) is 0 Å². The lowest BCUT2D eigenvalue weighted by atomic mass is 9.87. The van der Waals surface area contributed by atoms with E-state index in [4.69, 9.17) is 5.73 Å². The molecule has 0 aliphatic carbocycles. The molecule has 0 saturated carbocycles. The van der Waals surface area contributed by atoms with E-state index in [1.54, 1.807) is 0 Å². The van der Waals surface area contributed by atoms with Gasteiger partial charge >= 0.3 is 0 Å². The summed E-state index contributed by atoms with van der Waals surface area (Å²) in [6.45, 7) is 6.01. The van der Waals surface area contributed by atoms with E-state index in [2.05, 4.69) is 5.32 Å². The zero-order chi connectivity index (χ0) is 16.2. The molecular weight excluding hydrogens is 277 g/mol. The lowest BCUT2D eigenvalue weighted by molar-refractivity contribution is -0.384. The van der Waals surface area contributed by atoms with Crippen molar-refractivity contribution in [3.63, 3.8) is 0 Å². The highest BCUT2D eigenvalue weighted by Gasteiger charge is 2.19. The van der Waals surface area contributed by atoms with E-state index < -0.39 is 16.6 Å². The number of amides is 1. The molecule has 6 nitrogen and oxygen atoms in total. The third-order valence-electron chi connectivity index (χ3n) is 2.76. The molecule has 1 unspecified atom stereocenters. The summed E-state index contributed by atoms with van der Waals surface area (Å²) in [4.78, 5) is 21.8. The number of rotatable bonds is 5. The third kappa shape index (κ3) is 5.86. The Morgan fingerprint density at radius 2 is 2.10 bits per heavy atom. The number of nitrogens with one attached hydrogen (secondary N) is 1. The van der Waals surface area contributed by atoms with Crippen LogP contribution >= 0.6 is 0 Å². The summed E-state index contributed by atoms with van der Waals surface area (Å²) in [7, 11) is 0. The number of carbonyl (C=O) groups is 1. The molecule has 1 atom stereocenters. The zero-order valence-electron chi connectivity index (χ0n) is 12.4. The molecule has 0 aliphatic heterocycles. The molecule has 0 radical (unpaired) electrons. The number of non-ortho nitro benzene ring substituents is 1. The summed E-state index contributed by atoms with van der Waals surface area (Å²) in [5.41, 5.74) is 5.35. The SMILES string of the molecule is CC(C)(C)CC(N)CC(=O)Nc1cc([N+](=O)[O-])ccc1F. The molecule has 0 saturated heterocycles. The van der Waals surface area contributed by atoms with Gasteiger partial charge in [0.15, 0.2) is 0 Å². The molecule has 1 amide bonds. The van der Waals surface area contributed by atoms with Crippen LogP contribution in [0.4, 0.5) is 15.8 Å². The summed E-state index contributed by atoms with van der Waals surface area (Å²) < 4.78 is 13.5. The van der Waals surface area contributed by atoms with Gasteiger partial charge in [0, 0.05) is 24.6 Å². The van der Waals surface area contributed by atoms with Crippen LogP contribution in [0.25, 0.3) is 0 Å². The second-order valence-corrected chi connectivity index (χ2v) is 6.20. The van der Waals surface area contributed by atoms with Gasteiger partial charge in [-0.05, 0) is 17.9 Å². The number of hydrogen-bond donors (Lipinski definition) is 2. The quantitative estimate of drug-likeness (QED) is 0.645. The van der Waals surface area contributed by atoms with Gasteiger partial charge in [0.25, 0.3) is 5.69 Å². The fraction of sp³-hybridized carbons (Fsp3) is 0.500. The first-order valence-electron chi connectivity index (χ1n) is 6.58. The fourth-order valence-corrected chi connectivity index (χ4v) is 2.02. The summed E-state index contributed by atoms with van der Waals surface area (Å²) in [6.07, 6.45) is 0.664. The maximum absolute atomic E-state index is 13.5.